The fourth-order valence-corrected chi connectivity index (χ4v) is 3.57. The van der Waals surface area contributed by atoms with E-state index >= 15 is 0 Å². The summed E-state index contributed by atoms with van der Waals surface area (Å²) in [5.41, 5.74) is 3.21. The third-order valence-corrected chi connectivity index (χ3v) is 5.01. The van der Waals surface area contributed by atoms with Crippen LogP contribution >= 0.6 is 0 Å². The van der Waals surface area contributed by atoms with Gasteiger partial charge in [-0.15, -0.1) is 0 Å². The monoisotopic (exact) mass is 380 g/mol. The van der Waals surface area contributed by atoms with Crippen LogP contribution in [0.5, 0.6) is 5.75 Å². The molecule has 5 nitrogen and oxygen atoms in total. The van der Waals surface area contributed by atoms with Crippen LogP contribution in [0.4, 0.5) is 0 Å². The second-order valence-electron chi connectivity index (χ2n) is 7.62. The van der Waals surface area contributed by atoms with Gasteiger partial charge in [0, 0.05) is 25.9 Å². The van der Waals surface area contributed by atoms with E-state index in [-0.39, 0.29) is 17.7 Å². The van der Waals surface area contributed by atoms with Gasteiger partial charge in [0.2, 0.25) is 11.8 Å². The SMILES string of the molecule is COc1ccc(-c2cccc(C[C@H]3C(=O)NCCN3C(=O)CC(C)C)c2)cc1. The molecule has 0 spiro atoms. The Morgan fingerprint density at radius 2 is 1.93 bits per heavy atom. The van der Waals surface area contributed by atoms with Crippen molar-refractivity contribution in [2.45, 2.75) is 32.7 Å². The Labute approximate surface area is 166 Å². The van der Waals surface area contributed by atoms with Gasteiger partial charge in [0.1, 0.15) is 11.8 Å². The molecule has 1 fully saturated rings. The maximum atomic E-state index is 12.6. The predicted molar refractivity (Wildman–Crippen MR) is 110 cm³/mol. The van der Waals surface area contributed by atoms with Crippen molar-refractivity contribution in [2.24, 2.45) is 5.92 Å². The lowest BCUT2D eigenvalue weighted by molar-refractivity contribution is -0.143. The molecule has 0 aromatic heterocycles. The molecule has 1 saturated heterocycles. The molecule has 0 aliphatic carbocycles. The number of methoxy groups -OCH3 is 1. The molecular formula is C23H28N2O3. The molecule has 1 N–H and O–H groups in total. The van der Waals surface area contributed by atoms with Crippen LogP contribution in [-0.4, -0.2) is 43.0 Å². The Bertz CT molecular complexity index is 830. The Morgan fingerprint density at radius 1 is 1.18 bits per heavy atom. The average Bonchev–Trinajstić information content (AvgIpc) is 2.69. The number of nitrogens with one attached hydrogen (secondary N) is 1. The second-order valence-corrected chi connectivity index (χ2v) is 7.62. The van der Waals surface area contributed by atoms with Gasteiger partial charge in [-0.3, -0.25) is 9.59 Å². The molecule has 1 atom stereocenters. The number of piperazine rings is 1. The fraction of sp³-hybridized carbons (Fsp3) is 0.391. The molecular weight excluding hydrogens is 352 g/mol. The van der Waals surface area contributed by atoms with E-state index in [1.807, 2.05) is 56.3 Å². The minimum Gasteiger partial charge on any atom is -0.497 e. The first-order valence-electron chi connectivity index (χ1n) is 9.78. The van der Waals surface area contributed by atoms with Crippen LogP contribution in [0.15, 0.2) is 48.5 Å². The van der Waals surface area contributed by atoms with E-state index < -0.39 is 6.04 Å². The van der Waals surface area contributed by atoms with Crippen LogP contribution < -0.4 is 10.1 Å². The highest BCUT2D eigenvalue weighted by atomic mass is 16.5. The van der Waals surface area contributed by atoms with Crippen molar-refractivity contribution in [3.8, 4) is 16.9 Å². The van der Waals surface area contributed by atoms with Crippen molar-refractivity contribution in [3.63, 3.8) is 0 Å². The lowest BCUT2D eigenvalue weighted by Crippen LogP contribution is -2.58. The summed E-state index contributed by atoms with van der Waals surface area (Å²) in [5.74, 6) is 1.08. The topological polar surface area (TPSA) is 58.6 Å². The molecule has 5 heteroatoms. The first-order chi connectivity index (χ1) is 13.5. The van der Waals surface area contributed by atoms with E-state index in [2.05, 4.69) is 11.4 Å². The van der Waals surface area contributed by atoms with Gasteiger partial charge >= 0.3 is 0 Å². The summed E-state index contributed by atoms with van der Waals surface area (Å²) in [6, 6.07) is 15.6. The average molecular weight is 380 g/mol. The van der Waals surface area contributed by atoms with Crippen molar-refractivity contribution in [2.75, 3.05) is 20.2 Å². The number of nitrogens with zero attached hydrogens (tertiary/aromatic N) is 1. The largest absolute Gasteiger partial charge is 0.497 e. The number of carbonyl (C=O) groups excluding carboxylic acids is 2. The summed E-state index contributed by atoms with van der Waals surface area (Å²) in [6.45, 7) is 5.13. The number of hydrogen-bond acceptors (Lipinski definition) is 3. The summed E-state index contributed by atoms with van der Waals surface area (Å²) >= 11 is 0. The van der Waals surface area contributed by atoms with E-state index in [0.29, 0.717) is 25.9 Å². The minimum atomic E-state index is -0.453. The first-order valence-corrected chi connectivity index (χ1v) is 9.78. The zero-order chi connectivity index (χ0) is 20.1. The number of ether oxygens (including phenoxy) is 1. The molecule has 3 rings (SSSR count). The van der Waals surface area contributed by atoms with Crippen molar-refractivity contribution in [1.29, 1.82) is 0 Å². The van der Waals surface area contributed by atoms with Crippen LogP contribution in [0.25, 0.3) is 11.1 Å². The van der Waals surface area contributed by atoms with Gasteiger partial charge in [-0.1, -0.05) is 50.2 Å². The second kappa shape index (κ2) is 8.91. The summed E-state index contributed by atoms with van der Waals surface area (Å²) in [6.07, 6.45) is 0.981. The van der Waals surface area contributed by atoms with E-state index in [1.165, 1.54) is 0 Å². The maximum absolute atomic E-state index is 12.6. The Morgan fingerprint density at radius 3 is 2.61 bits per heavy atom. The minimum absolute atomic E-state index is 0.0566. The highest BCUT2D eigenvalue weighted by molar-refractivity contribution is 5.89. The van der Waals surface area contributed by atoms with Gasteiger partial charge in [-0.25, -0.2) is 0 Å². The number of benzene rings is 2. The first kappa shape index (κ1) is 19.9. The molecule has 0 unspecified atom stereocenters. The lowest BCUT2D eigenvalue weighted by atomic mass is 9.97. The molecule has 28 heavy (non-hydrogen) atoms. The van der Waals surface area contributed by atoms with Gasteiger partial charge in [-0.05, 0) is 34.7 Å². The summed E-state index contributed by atoms with van der Waals surface area (Å²) in [7, 11) is 1.65. The highest BCUT2D eigenvalue weighted by Crippen LogP contribution is 2.24. The van der Waals surface area contributed by atoms with E-state index in [4.69, 9.17) is 4.74 Å². The summed E-state index contributed by atoms with van der Waals surface area (Å²) in [4.78, 5) is 26.9. The maximum Gasteiger partial charge on any atom is 0.243 e. The number of amides is 2. The smallest absolute Gasteiger partial charge is 0.243 e. The number of hydrogen-bond donors (Lipinski definition) is 1. The molecule has 2 aromatic carbocycles. The quantitative estimate of drug-likeness (QED) is 0.837. The van der Waals surface area contributed by atoms with E-state index in [1.54, 1.807) is 12.0 Å². The Balaban J connectivity index is 1.80. The van der Waals surface area contributed by atoms with Gasteiger partial charge in [0.25, 0.3) is 0 Å². The molecule has 148 valence electrons. The molecule has 2 amide bonds. The van der Waals surface area contributed by atoms with Gasteiger partial charge in [0.15, 0.2) is 0 Å². The molecule has 1 aliphatic rings. The Hall–Kier alpha value is -2.82. The van der Waals surface area contributed by atoms with Crippen LogP contribution in [0.2, 0.25) is 0 Å². The number of carbonyl (C=O) groups is 2. The van der Waals surface area contributed by atoms with E-state index in [0.717, 1.165) is 22.4 Å². The lowest BCUT2D eigenvalue weighted by Gasteiger charge is -2.35. The predicted octanol–water partition coefficient (Wildman–Crippen LogP) is 3.28. The van der Waals surface area contributed by atoms with E-state index in [9.17, 15) is 9.59 Å². The molecule has 1 heterocycles. The zero-order valence-corrected chi connectivity index (χ0v) is 16.8. The van der Waals surface area contributed by atoms with Crippen LogP contribution in [0.3, 0.4) is 0 Å². The zero-order valence-electron chi connectivity index (χ0n) is 16.8. The van der Waals surface area contributed by atoms with Crippen molar-refractivity contribution in [1.82, 2.24) is 10.2 Å². The molecule has 0 radical (unpaired) electrons. The fourth-order valence-electron chi connectivity index (χ4n) is 3.57. The third-order valence-electron chi connectivity index (χ3n) is 5.01. The van der Waals surface area contributed by atoms with Gasteiger partial charge in [-0.2, -0.15) is 0 Å². The van der Waals surface area contributed by atoms with Crippen molar-refractivity contribution < 1.29 is 14.3 Å². The van der Waals surface area contributed by atoms with Crippen LogP contribution in [0.1, 0.15) is 25.8 Å². The molecule has 0 saturated carbocycles. The molecule has 2 aromatic rings. The summed E-state index contributed by atoms with van der Waals surface area (Å²) in [5, 5.41) is 2.90. The Kier molecular flexibility index (Phi) is 6.34. The highest BCUT2D eigenvalue weighted by Gasteiger charge is 2.33. The van der Waals surface area contributed by atoms with Gasteiger partial charge < -0.3 is 15.0 Å². The van der Waals surface area contributed by atoms with Crippen molar-refractivity contribution in [3.05, 3.63) is 54.1 Å². The standard InChI is InChI=1S/C23H28N2O3/c1-16(2)13-22(26)25-12-11-24-23(27)21(25)15-17-5-4-6-19(14-17)18-7-9-20(28-3)10-8-18/h4-10,14,16,21H,11-13,15H2,1-3H3,(H,24,27)/t21-/m0/s1. The van der Waals surface area contributed by atoms with Crippen molar-refractivity contribution >= 4 is 11.8 Å². The van der Waals surface area contributed by atoms with Crippen LogP contribution in [-0.2, 0) is 16.0 Å². The molecule has 1 aliphatic heterocycles. The normalized spacial score (nSPS) is 16.8. The summed E-state index contributed by atoms with van der Waals surface area (Å²) < 4.78 is 5.22. The van der Waals surface area contributed by atoms with Crippen LogP contribution in [0, 0.1) is 5.92 Å². The third kappa shape index (κ3) is 4.71. The van der Waals surface area contributed by atoms with Gasteiger partial charge in [0.05, 0.1) is 7.11 Å². The number of rotatable bonds is 6. The molecule has 0 bridgehead atoms.